The topological polar surface area (TPSA) is 24.8 Å². The van der Waals surface area contributed by atoms with E-state index in [0.717, 1.165) is 36.6 Å². The maximum Gasteiger partial charge on any atom is 0.216 e. The molecule has 1 aromatic heterocycles. The van der Waals surface area contributed by atoms with Gasteiger partial charge >= 0.3 is 0 Å². The number of hydrazone groups is 1. The molecule has 2 aromatic carbocycles. The van der Waals surface area contributed by atoms with E-state index in [-0.39, 0.29) is 11.9 Å². The quantitative estimate of drug-likeness (QED) is 0.387. The van der Waals surface area contributed by atoms with Crippen molar-refractivity contribution in [3.8, 4) is 5.75 Å². The van der Waals surface area contributed by atoms with Crippen molar-refractivity contribution in [2.75, 3.05) is 0 Å². The third kappa shape index (κ3) is 3.02. The second-order valence-corrected chi connectivity index (χ2v) is 9.80. The fraction of sp³-hybridized carbons (Fsp3) is 0.150. The molecular formula is C20H13Br2FN2OS. The van der Waals surface area contributed by atoms with Crippen molar-refractivity contribution in [1.82, 2.24) is 5.01 Å². The molecule has 0 aliphatic carbocycles. The van der Waals surface area contributed by atoms with Crippen molar-refractivity contribution >= 4 is 48.9 Å². The number of benzene rings is 2. The smallest absolute Gasteiger partial charge is 0.216 e. The fourth-order valence-electron chi connectivity index (χ4n) is 3.56. The van der Waals surface area contributed by atoms with Crippen LogP contribution in [0.5, 0.6) is 5.75 Å². The Morgan fingerprint density at radius 1 is 1.07 bits per heavy atom. The predicted octanol–water partition coefficient (Wildman–Crippen LogP) is 6.65. The summed E-state index contributed by atoms with van der Waals surface area (Å²) in [6.07, 6.45) is 0.163. The molecule has 0 N–H and O–H groups in total. The maximum atomic E-state index is 14.5. The van der Waals surface area contributed by atoms with E-state index < -0.39 is 6.23 Å². The number of rotatable bonds is 2. The first-order valence-corrected chi connectivity index (χ1v) is 10.8. The molecule has 3 aromatic rings. The normalized spacial score (nSPS) is 20.7. The van der Waals surface area contributed by atoms with Crippen LogP contribution < -0.4 is 4.74 Å². The average molecular weight is 508 g/mol. The van der Waals surface area contributed by atoms with Crippen molar-refractivity contribution in [3.63, 3.8) is 0 Å². The number of thiophene rings is 1. The second-order valence-electron chi connectivity index (χ2n) is 6.42. The Bertz CT molecular complexity index is 1070. The largest absolute Gasteiger partial charge is 0.464 e. The van der Waals surface area contributed by atoms with Gasteiger partial charge in [-0.3, -0.25) is 0 Å². The maximum absolute atomic E-state index is 14.5. The van der Waals surface area contributed by atoms with Gasteiger partial charge < -0.3 is 4.74 Å². The summed E-state index contributed by atoms with van der Waals surface area (Å²) in [6, 6.07) is 16.8. The number of halogens is 3. The molecule has 2 unspecified atom stereocenters. The predicted molar refractivity (Wildman–Crippen MR) is 112 cm³/mol. The summed E-state index contributed by atoms with van der Waals surface area (Å²) in [4.78, 5) is 1.11. The molecule has 0 saturated carbocycles. The van der Waals surface area contributed by atoms with Gasteiger partial charge in [0.25, 0.3) is 0 Å². The highest BCUT2D eigenvalue weighted by atomic mass is 79.9. The molecule has 3 heterocycles. The SMILES string of the molecule is Fc1ccccc1C1Oc2ccc(Br)cc2C2CC(c3ccc(Br)s3)=NN21. The van der Waals surface area contributed by atoms with Crippen LogP contribution in [0, 0.1) is 5.82 Å². The zero-order valence-electron chi connectivity index (χ0n) is 13.9. The Morgan fingerprint density at radius 3 is 2.70 bits per heavy atom. The lowest BCUT2D eigenvalue weighted by atomic mass is 9.97. The Kier molecular flexibility index (Phi) is 4.33. The van der Waals surface area contributed by atoms with Crippen LogP contribution in [0.4, 0.5) is 4.39 Å². The third-order valence-corrected chi connectivity index (χ3v) is 6.95. The van der Waals surface area contributed by atoms with Gasteiger partial charge in [0.15, 0.2) is 0 Å². The average Bonchev–Trinajstić information content (AvgIpc) is 3.28. The minimum atomic E-state index is -0.592. The highest BCUT2D eigenvalue weighted by Crippen LogP contribution is 2.48. The van der Waals surface area contributed by atoms with Crippen LogP contribution in [0.2, 0.25) is 0 Å². The minimum Gasteiger partial charge on any atom is -0.464 e. The van der Waals surface area contributed by atoms with Crippen LogP contribution in [0.15, 0.2) is 68.0 Å². The van der Waals surface area contributed by atoms with E-state index in [1.165, 1.54) is 6.07 Å². The summed E-state index contributed by atoms with van der Waals surface area (Å²) in [5.74, 6) is 0.487. The molecule has 0 saturated heterocycles. The van der Waals surface area contributed by atoms with Gasteiger partial charge in [-0.1, -0.05) is 34.1 Å². The summed E-state index contributed by atoms with van der Waals surface area (Å²) < 4.78 is 22.8. The van der Waals surface area contributed by atoms with E-state index in [0.29, 0.717) is 5.56 Å². The summed E-state index contributed by atoms with van der Waals surface area (Å²) in [5.41, 5.74) is 2.55. The van der Waals surface area contributed by atoms with Crippen LogP contribution in [-0.2, 0) is 0 Å². The lowest BCUT2D eigenvalue weighted by Crippen LogP contribution is -2.34. The van der Waals surface area contributed by atoms with E-state index in [1.54, 1.807) is 23.5 Å². The molecule has 0 fully saturated rings. The Morgan fingerprint density at radius 2 is 1.93 bits per heavy atom. The zero-order valence-corrected chi connectivity index (χ0v) is 17.9. The molecule has 0 radical (unpaired) electrons. The number of hydrogen-bond acceptors (Lipinski definition) is 4. The van der Waals surface area contributed by atoms with Gasteiger partial charge in [-0.15, -0.1) is 11.3 Å². The van der Waals surface area contributed by atoms with Crippen LogP contribution >= 0.6 is 43.2 Å². The monoisotopic (exact) mass is 506 g/mol. The van der Waals surface area contributed by atoms with E-state index in [1.807, 2.05) is 29.3 Å². The molecule has 3 nitrogen and oxygen atoms in total. The molecule has 27 heavy (non-hydrogen) atoms. The molecule has 5 rings (SSSR count). The van der Waals surface area contributed by atoms with Gasteiger partial charge in [0.2, 0.25) is 6.23 Å². The molecule has 136 valence electrons. The highest BCUT2D eigenvalue weighted by Gasteiger charge is 2.42. The van der Waals surface area contributed by atoms with Gasteiger partial charge in [-0.25, -0.2) is 9.40 Å². The van der Waals surface area contributed by atoms with Crippen molar-refractivity contribution < 1.29 is 9.13 Å². The molecule has 7 heteroatoms. The molecule has 2 aliphatic rings. The summed E-state index contributed by atoms with van der Waals surface area (Å²) in [5, 5.41) is 6.75. The van der Waals surface area contributed by atoms with Gasteiger partial charge in [-0.2, -0.15) is 5.10 Å². The van der Waals surface area contributed by atoms with Crippen LogP contribution in [0.3, 0.4) is 0 Å². The Labute approximate surface area is 176 Å². The van der Waals surface area contributed by atoms with Crippen molar-refractivity contribution in [3.05, 3.63) is 84.7 Å². The lowest BCUT2D eigenvalue weighted by Gasteiger charge is -2.38. The lowest BCUT2D eigenvalue weighted by molar-refractivity contribution is -0.0212. The fourth-order valence-corrected chi connectivity index (χ4v) is 5.32. The standard InChI is InChI=1S/C20H13Br2FN2OS/c21-11-5-6-17-13(9-11)16-10-15(18-7-8-19(22)27-18)24-25(16)20(26-17)12-3-1-2-4-14(12)23/h1-9,16,20H,10H2. The molecule has 0 amide bonds. The van der Waals surface area contributed by atoms with E-state index >= 15 is 0 Å². The third-order valence-electron chi connectivity index (χ3n) is 4.78. The number of fused-ring (bicyclic) bond motifs is 3. The first-order valence-electron chi connectivity index (χ1n) is 8.42. The van der Waals surface area contributed by atoms with Gasteiger partial charge in [0, 0.05) is 16.5 Å². The number of ether oxygens (including phenoxy) is 1. The highest BCUT2D eigenvalue weighted by molar-refractivity contribution is 9.11. The molecule has 2 atom stereocenters. The Balaban J connectivity index is 1.63. The number of hydrogen-bond donors (Lipinski definition) is 0. The van der Waals surface area contributed by atoms with Crippen molar-refractivity contribution in [1.29, 1.82) is 0 Å². The van der Waals surface area contributed by atoms with E-state index in [9.17, 15) is 4.39 Å². The van der Waals surface area contributed by atoms with Gasteiger partial charge in [0.1, 0.15) is 11.6 Å². The number of nitrogens with zero attached hydrogens (tertiary/aromatic N) is 2. The summed E-state index contributed by atoms with van der Waals surface area (Å²) in [6.45, 7) is 0. The van der Waals surface area contributed by atoms with Gasteiger partial charge in [0.05, 0.1) is 26.0 Å². The van der Waals surface area contributed by atoms with Crippen LogP contribution in [0.25, 0.3) is 0 Å². The van der Waals surface area contributed by atoms with Crippen LogP contribution in [0.1, 0.15) is 34.7 Å². The van der Waals surface area contributed by atoms with E-state index in [2.05, 4.69) is 44.0 Å². The second kappa shape index (κ2) is 6.72. The molecular weight excluding hydrogens is 495 g/mol. The zero-order chi connectivity index (χ0) is 18.5. The molecule has 0 bridgehead atoms. The summed E-state index contributed by atoms with van der Waals surface area (Å²) >= 11 is 8.72. The molecule has 2 aliphatic heterocycles. The summed E-state index contributed by atoms with van der Waals surface area (Å²) in [7, 11) is 0. The van der Waals surface area contributed by atoms with E-state index in [4.69, 9.17) is 9.84 Å². The minimum absolute atomic E-state index is 0.00623. The first-order chi connectivity index (χ1) is 13.1. The van der Waals surface area contributed by atoms with Crippen molar-refractivity contribution in [2.45, 2.75) is 18.7 Å². The molecule has 0 spiro atoms. The van der Waals surface area contributed by atoms with Crippen molar-refractivity contribution in [2.24, 2.45) is 5.10 Å². The van der Waals surface area contributed by atoms with Crippen LogP contribution in [-0.4, -0.2) is 10.7 Å². The first kappa shape index (κ1) is 17.4. The Hall–Kier alpha value is -1.70. The van der Waals surface area contributed by atoms with Gasteiger partial charge in [-0.05, 0) is 52.3 Å².